The molecule has 0 fully saturated rings. The molecular formula is C14H12N2O4. The lowest BCUT2D eigenvalue weighted by Gasteiger charge is -2.24. The van der Waals surface area contributed by atoms with Crippen molar-refractivity contribution in [3.8, 4) is 17.0 Å². The molecule has 0 aliphatic carbocycles. The predicted molar refractivity (Wildman–Crippen MR) is 72.7 cm³/mol. The third kappa shape index (κ3) is 1.82. The summed E-state index contributed by atoms with van der Waals surface area (Å²) in [6, 6.07) is 6.93. The molecule has 6 nitrogen and oxygen atoms in total. The molecule has 0 spiro atoms. The van der Waals surface area contributed by atoms with Crippen LogP contribution in [0.3, 0.4) is 0 Å². The Kier molecular flexibility index (Phi) is 2.71. The van der Waals surface area contributed by atoms with E-state index in [4.69, 9.17) is 9.84 Å². The zero-order valence-corrected chi connectivity index (χ0v) is 10.7. The van der Waals surface area contributed by atoms with Gasteiger partial charge in [-0.15, -0.1) is 0 Å². The maximum Gasteiger partial charge on any atom is 0.341 e. The number of fused-ring (bicyclic) bond motifs is 3. The van der Waals surface area contributed by atoms with Crippen LogP contribution >= 0.6 is 0 Å². The van der Waals surface area contributed by atoms with Crippen LogP contribution < -0.4 is 15.6 Å². The van der Waals surface area contributed by atoms with E-state index < -0.39 is 11.4 Å². The average Bonchev–Trinajstić information content (AvgIpc) is 2.45. The first-order valence-corrected chi connectivity index (χ1v) is 6.01. The number of aromatic carboxylic acids is 1. The average molecular weight is 272 g/mol. The molecule has 2 N–H and O–H groups in total. The monoisotopic (exact) mass is 272 g/mol. The summed E-state index contributed by atoms with van der Waals surface area (Å²) in [5.41, 5.74) is 4.79. The summed E-state index contributed by atoms with van der Waals surface area (Å²) in [6.45, 7) is 0.550. The Bertz CT molecular complexity index is 764. The van der Waals surface area contributed by atoms with Gasteiger partial charge in [0.1, 0.15) is 11.3 Å². The minimum absolute atomic E-state index is 0.257. The lowest BCUT2D eigenvalue weighted by Crippen LogP contribution is -2.27. The number of pyridine rings is 1. The number of nitrogens with zero attached hydrogens (tertiary/aromatic N) is 1. The number of carboxylic acid groups (broad SMARTS) is 1. The first-order valence-electron chi connectivity index (χ1n) is 6.01. The normalized spacial score (nSPS) is 12.1. The summed E-state index contributed by atoms with van der Waals surface area (Å²) in [5, 5.41) is 8.98. The van der Waals surface area contributed by atoms with Crippen molar-refractivity contribution in [2.45, 2.75) is 6.54 Å². The molecule has 3 rings (SSSR count). The molecule has 1 aromatic heterocycles. The lowest BCUT2D eigenvalue weighted by molar-refractivity contribution is 0.0694. The van der Waals surface area contributed by atoms with Crippen molar-refractivity contribution in [3.05, 3.63) is 51.8 Å². The van der Waals surface area contributed by atoms with E-state index >= 15 is 0 Å². The number of hydrogen-bond acceptors (Lipinski definition) is 4. The van der Waals surface area contributed by atoms with Crippen molar-refractivity contribution in [2.24, 2.45) is 0 Å². The van der Waals surface area contributed by atoms with E-state index in [1.54, 1.807) is 11.8 Å². The molecule has 1 aliphatic heterocycles. The Balaban J connectivity index is 2.24. The Labute approximate surface area is 114 Å². The summed E-state index contributed by atoms with van der Waals surface area (Å²) in [5.74, 6) is -0.546. The smallest absolute Gasteiger partial charge is 0.341 e. The van der Waals surface area contributed by atoms with Crippen LogP contribution in [-0.2, 0) is 6.54 Å². The maximum absolute atomic E-state index is 11.8. The van der Waals surface area contributed by atoms with E-state index in [1.807, 2.05) is 18.2 Å². The van der Waals surface area contributed by atoms with E-state index in [-0.39, 0.29) is 5.56 Å². The second-order valence-corrected chi connectivity index (χ2v) is 4.47. The number of ether oxygens (including phenoxy) is 1. The fourth-order valence-electron chi connectivity index (χ4n) is 2.28. The Hall–Kier alpha value is -2.76. The number of methoxy groups -OCH3 is 1. The van der Waals surface area contributed by atoms with Crippen molar-refractivity contribution in [1.29, 1.82) is 0 Å². The van der Waals surface area contributed by atoms with Crippen molar-refractivity contribution in [1.82, 2.24) is 4.68 Å². The molecule has 0 bridgehead atoms. The Morgan fingerprint density at radius 1 is 1.40 bits per heavy atom. The van der Waals surface area contributed by atoms with Crippen LogP contribution in [0, 0.1) is 0 Å². The van der Waals surface area contributed by atoms with E-state index in [0.717, 1.165) is 11.1 Å². The minimum atomic E-state index is -1.23. The number of rotatable bonds is 2. The van der Waals surface area contributed by atoms with E-state index in [9.17, 15) is 9.59 Å². The molecule has 20 heavy (non-hydrogen) atoms. The molecule has 0 amide bonds. The van der Waals surface area contributed by atoms with Crippen LogP contribution in [-0.4, -0.2) is 22.9 Å². The maximum atomic E-state index is 11.8. The van der Waals surface area contributed by atoms with E-state index in [1.165, 1.54) is 12.3 Å². The summed E-state index contributed by atoms with van der Waals surface area (Å²) in [4.78, 5) is 22.8. The number of benzene rings is 1. The van der Waals surface area contributed by atoms with Crippen LogP contribution in [0.4, 0.5) is 0 Å². The fraction of sp³-hybridized carbons (Fsp3) is 0.143. The largest absolute Gasteiger partial charge is 0.497 e. The number of nitrogens with one attached hydrogen (secondary N) is 1. The van der Waals surface area contributed by atoms with Crippen LogP contribution in [0.1, 0.15) is 15.9 Å². The van der Waals surface area contributed by atoms with Gasteiger partial charge in [-0.3, -0.25) is 9.47 Å². The first-order chi connectivity index (χ1) is 9.60. The lowest BCUT2D eigenvalue weighted by atomic mass is 10.0. The molecule has 0 atom stereocenters. The van der Waals surface area contributed by atoms with Gasteiger partial charge in [0.2, 0.25) is 0 Å². The van der Waals surface area contributed by atoms with Gasteiger partial charge in [-0.05, 0) is 17.7 Å². The third-order valence-corrected chi connectivity index (χ3v) is 3.31. The molecule has 2 aromatic rings. The van der Waals surface area contributed by atoms with E-state index in [2.05, 4.69) is 5.43 Å². The summed E-state index contributed by atoms with van der Waals surface area (Å²) in [6.07, 6.45) is 1.31. The number of carbonyl (C=O) groups is 1. The molecule has 0 radical (unpaired) electrons. The van der Waals surface area contributed by atoms with Crippen LogP contribution in [0.2, 0.25) is 0 Å². The van der Waals surface area contributed by atoms with Gasteiger partial charge in [0.05, 0.1) is 19.3 Å². The van der Waals surface area contributed by atoms with Crippen LogP contribution in [0.5, 0.6) is 5.75 Å². The third-order valence-electron chi connectivity index (χ3n) is 3.31. The number of hydrogen-bond donors (Lipinski definition) is 2. The minimum Gasteiger partial charge on any atom is -0.497 e. The fourth-order valence-corrected chi connectivity index (χ4v) is 2.28. The molecule has 2 heterocycles. The number of aromatic nitrogens is 1. The highest BCUT2D eigenvalue weighted by Crippen LogP contribution is 2.30. The van der Waals surface area contributed by atoms with Gasteiger partial charge < -0.3 is 15.3 Å². The molecule has 0 unspecified atom stereocenters. The molecular weight excluding hydrogens is 260 g/mol. The Morgan fingerprint density at radius 2 is 2.20 bits per heavy atom. The highest BCUT2D eigenvalue weighted by atomic mass is 16.5. The van der Waals surface area contributed by atoms with Crippen LogP contribution in [0.25, 0.3) is 11.3 Å². The van der Waals surface area contributed by atoms with E-state index in [0.29, 0.717) is 18.0 Å². The van der Waals surface area contributed by atoms with Gasteiger partial charge in [-0.1, -0.05) is 6.07 Å². The summed E-state index contributed by atoms with van der Waals surface area (Å²) in [7, 11) is 1.57. The summed E-state index contributed by atoms with van der Waals surface area (Å²) >= 11 is 0. The highest BCUT2D eigenvalue weighted by Gasteiger charge is 2.19. The summed E-state index contributed by atoms with van der Waals surface area (Å²) < 4.78 is 6.75. The highest BCUT2D eigenvalue weighted by molar-refractivity contribution is 5.87. The van der Waals surface area contributed by atoms with Crippen molar-refractivity contribution >= 4 is 5.97 Å². The van der Waals surface area contributed by atoms with Crippen LogP contribution in [0.15, 0.2) is 35.3 Å². The zero-order valence-electron chi connectivity index (χ0n) is 10.7. The molecule has 6 heteroatoms. The quantitative estimate of drug-likeness (QED) is 0.860. The first kappa shape index (κ1) is 12.3. The van der Waals surface area contributed by atoms with Gasteiger partial charge >= 0.3 is 5.97 Å². The second-order valence-electron chi connectivity index (χ2n) is 4.47. The Morgan fingerprint density at radius 3 is 2.90 bits per heavy atom. The molecule has 0 saturated carbocycles. The van der Waals surface area contributed by atoms with Crippen molar-refractivity contribution in [3.63, 3.8) is 0 Å². The van der Waals surface area contributed by atoms with Gasteiger partial charge in [0.15, 0.2) is 5.43 Å². The van der Waals surface area contributed by atoms with Gasteiger partial charge in [-0.2, -0.15) is 0 Å². The topological polar surface area (TPSA) is 80.6 Å². The van der Waals surface area contributed by atoms with Crippen molar-refractivity contribution in [2.75, 3.05) is 12.5 Å². The molecule has 102 valence electrons. The molecule has 1 aromatic carbocycles. The zero-order chi connectivity index (χ0) is 14.3. The van der Waals surface area contributed by atoms with Gasteiger partial charge in [0.25, 0.3) is 0 Å². The molecule has 1 aliphatic rings. The van der Waals surface area contributed by atoms with Crippen molar-refractivity contribution < 1.29 is 14.6 Å². The predicted octanol–water partition coefficient (Wildman–Crippen LogP) is 1.28. The standard InChI is InChI=1S/C14H12N2O4/c1-20-9-3-2-8-6-15-16-7-11(14(18)19)13(17)5-12(16)10(8)4-9/h2-5,7,15H,6H2,1H3,(H,18,19). The van der Waals surface area contributed by atoms with Gasteiger partial charge in [0, 0.05) is 17.8 Å². The second kappa shape index (κ2) is 4.41. The number of carboxylic acids is 1. The van der Waals surface area contributed by atoms with Gasteiger partial charge in [-0.25, -0.2) is 4.79 Å². The molecule has 0 saturated heterocycles. The SMILES string of the molecule is COc1ccc2c(c1)-c1cc(=O)c(C(=O)O)cn1NC2.